The number of nitrogens with two attached hydrogens (primary N) is 1. The largest absolute Gasteiger partial charge is 0.494 e. The molecule has 2 rings (SSSR count). The van der Waals surface area contributed by atoms with E-state index >= 15 is 0 Å². The highest BCUT2D eigenvalue weighted by molar-refractivity contribution is 5.72. The minimum Gasteiger partial charge on any atom is -0.494 e. The summed E-state index contributed by atoms with van der Waals surface area (Å²) in [5.41, 5.74) is 6.54. The molecule has 104 valence electrons. The van der Waals surface area contributed by atoms with Crippen LogP contribution in [-0.2, 0) is 0 Å². The predicted octanol–water partition coefficient (Wildman–Crippen LogP) is 3.07. The molecule has 2 aromatic carbocycles. The summed E-state index contributed by atoms with van der Waals surface area (Å²) >= 11 is 0. The monoisotopic (exact) mass is 277 g/mol. The van der Waals surface area contributed by atoms with E-state index in [0.29, 0.717) is 17.1 Å². The first-order valence-corrected chi connectivity index (χ1v) is 5.65. The number of rotatable bonds is 4. The van der Waals surface area contributed by atoms with Crippen LogP contribution in [0.25, 0.3) is 0 Å². The topological polar surface area (TPSA) is 90.4 Å². The summed E-state index contributed by atoms with van der Waals surface area (Å²) in [7, 11) is 1.42. The average Bonchev–Trinajstić information content (AvgIpc) is 2.40. The second-order valence-corrected chi connectivity index (χ2v) is 4.00. The molecule has 0 fully saturated rings. The minimum absolute atomic E-state index is 0.0427. The van der Waals surface area contributed by atoms with E-state index in [-0.39, 0.29) is 11.4 Å². The Labute approximate surface area is 114 Å². The number of ether oxygens (including phenoxy) is 1. The summed E-state index contributed by atoms with van der Waals surface area (Å²) in [5.74, 6) is -0.0995. The smallest absolute Gasteiger partial charge is 0.292 e. The molecule has 0 unspecified atom stereocenters. The quantitative estimate of drug-likeness (QED) is 0.509. The molecule has 0 atom stereocenters. The Bertz CT molecular complexity index is 661. The van der Waals surface area contributed by atoms with Crippen LogP contribution in [-0.4, -0.2) is 12.0 Å². The zero-order chi connectivity index (χ0) is 14.7. The molecule has 7 heteroatoms. The molecule has 0 amide bonds. The van der Waals surface area contributed by atoms with Crippen molar-refractivity contribution in [3.63, 3.8) is 0 Å². The van der Waals surface area contributed by atoms with Crippen molar-refractivity contribution in [2.75, 3.05) is 18.2 Å². The van der Waals surface area contributed by atoms with Crippen LogP contribution in [0.2, 0.25) is 0 Å². The number of methoxy groups -OCH3 is 1. The van der Waals surface area contributed by atoms with Crippen molar-refractivity contribution in [2.24, 2.45) is 0 Å². The van der Waals surface area contributed by atoms with Gasteiger partial charge < -0.3 is 15.8 Å². The van der Waals surface area contributed by atoms with Crippen molar-refractivity contribution < 1.29 is 14.1 Å². The Balaban J connectivity index is 2.31. The summed E-state index contributed by atoms with van der Waals surface area (Å²) < 4.78 is 18.1. The van der Waals surface area contributed by atoms with E-state index in [4.69, 9.17) is 10.5 Å². The number of hydrogen-bond acceptors (Lipinski definition) is 5. The Hall–Kier alpha value is -2.83. The Morgan fingerprint density at radius 3 is 2.65 bits per heavy atom. The van der Waals surface area contributed by atoms with Gasteiger partial charge in [-0.15, -0.1) is 0 Å². The van der Waals surface area contributed by atoms with E-state index in [1.54, 1.807) is 0 Å². The van der Waals surface area contributed by atoms with E-state index < -0.39 is 10.7 Å². The van der Waals surface area contributed by atoms with Crippen LogP contribution in [0.3, 0.4) is 0 Å². The molecule has 20 heavy (non-hydrogen) atoms. The molecule has 0 aliphatic rings. The number of hydrogen-bond donors (Lipinski definition) is 2. The maximum atomic E-state index is 13.1. The van der Waals surface area contributed by atoms with Crippen molar-refractivity contribution in [3.8, 4) is 5.75 Å². The van der Waals surface area contributed by atoms with Crippen LogP contribution in [0.4, 0.5) is 27.1 Å². The molecule has 0 aliphatic carbocycles. The molecular formula is C13H12FN3O3. The van der Waals surface area contributed by atoms with Gasteiger partial charge in [-0.3, -0.25) is 10.1 Å². The number of nitrogens with one attached hydrogen (secondary N) is 1. The molecule has 2 aromatic rings. The summed E-state index contributed by atoms with van der Waals surface area (Å²) in [6, 6.07) is 8.26. The maximum Gasteiger partial charge on any atom is 0.292 e. The zero-order valence-electron chi connectivity index (χ0n) is 10.6. The van der Waals surface area contributed by atoms with Crippen molar-refractivity contribution in [1.29, 1.82) is 0 Å². The van der Waals surface area contributed by atoms with Gasteiger partial charge in [-0.05, 0) is 24.3 Å². The lowest BCUT2D eigenvalue weighted by Gasteiger charge is -2.11. The Kier molecular flexibility index (Phi) is 3.69. The number of anilines is 3. The number of halogens is 1. The first-order chi connectivity index (χ1) is 9.51. The zero-order valence-corrected chi connectivity index (χ0v) is 10.6. The number of nitrogen functional groups attached to an aromatic ring is 1. The van der Waals surface area contributed by atoms with Gasteiger partial charge in [0, 0.05) is 17.8 Å². The van der Waals surface area contributed by atoms with E-state index in [9.17, 15) is 14.5 Å². The fraction of sp³-hybridized carbons (Fsp3) is 0.0769. The molecule has 0 aliphatic heterocycles. The van der Waals surface area contributed by atoms with Crippen LogP contribution < -0.4 is 15.8 Å². The highest BCUT2D eigenvalue weighted by Gasteiger charge is 2.12. The highest BCUT2D eigenvalue weighted by Crippen LogP contribution is 2.31. The van der Waals surface area contributed by atoms with E-state index in [0.717, 1.165) is 0 Å². The van der Waals surface area contributed by atoms with Gasteiger partial charge in [0.25, 0.3) is 5.69 Å². The van der Waals surface area contributed by atoms with Gasteiger partial charge in [0.15, 0.2) is 0 Å². The molecule has 0 saturated carbocycles. The fourth-order valence-corrected chi connectivity index (χ4v) is 1.72. The first kappa shape index (κ1) is 13.6. The predicted molar refractivity (Wildman–Crippen MR) is 73.7 cm³/mol. The van der Waals surface area contributed by atoms with Crippen molar-refractivity contribution in [3.05, 3.63) is 52.3 Å². The first-order valence-electron chi connectivity index (χ1n) is 5.65. The molecule has 6 nitrogen and oxygen atoms in total. The molecule has 0 bridgehead atoms. The second-order valence-electron chi connectivity index (χ2n) is 4.00. The molecule has 0 saturated heterocycles. The van der Waals surface area contributed by atoms with Crippen LogP contribution in [0.1, 0.15) is 0 Å². The lowest BCUT2D eigenvalue weighted by atomic mass is 10.2. The van der Waals surface area contributed by atoms with E-state index in [1.165, 1.54) is 43.5 Å². The third kappa shape index (κ3) is 2.77. The molecule has 0 heterocycles. The van der Waals surface area contributed by atoms with E-state index in [1.807, 2.05) is 0 Å². The van der Waals surface area contributed by atoms with Gasteiger partial charge in [-0.25, -0.2) is 4.39 Å². The summed E-state index contributed by atoms with van der Waals surface area (Å²) in [4.78, 5) is 10.1. The minimum atomic E-state index is -0.558. The highest BCUT2D eigenvalue weighted by atomic mass is 19.1. The summed E-state index contributed by atoms with van der Waals surface area (Å²) in [6.45, 7) is 0. The Morgan fingerprint density at radius 2 is 2.05 bits per heavy atom. The van der Waals surface area contributed by atoms with Gasteiger partial charge in [0.05, 0.1) is 17.7 Å². The Morgan fingerprint density at radius 1 is 1.30 bits per heavy atom. The van der Waals surface area contributed by atoms with Crippen molar-refractivity contribution >= 4 is 22.7 Å². The van der Waals surface area contributed by atoms with Gasteiger partial charge in [0.1, 0.15) is 17.3 Å². The second kappa shape index (κ2) is 5.43. The summed E-state index contributed by atoms with van der Waals surface area (Å²) in [5, 5.41) is 13.6. The standard InChI is InChI=1S/C13H12FN3O3/c1-20-13-6-8(14)2-4-11(13)16-9-3-5-12(17(18)19)10(15)7-9/h2-7,16H,15H2,1H3. The maximum absolute atomic E-state index is 13.1. The van der Waals surface area contributed by atoms with E-state index in [2.05, 4.69) is 5.32 Å². The average molecular weight is 277 g/mol. The SMILES string of the molecule is COc1cc(F)ccc1Nc1ccc([N+](=O)[O-])c(N)c1. The third-order valence-corrected chi connectivity index (χ3v) is 2.67. The lowest BCUT2D eigenvalue weighted by Crippen LogP contribution is -1.99. The van der Waals surface area contributed by atoms with Crippen LogP contribution in [0.5, 0.6) is 5.75 Å². The summed E-state index contributed by atoms with van der Waals surface area (Å²) in [6.07, 6.45) is 0. The van der Waals surface area contributed by atoms with Crippen LogP contribution in [0.15, 0.2) is 36.4 Å². The van der Waals surface area contributed by atoms with Gasteiger partial charge in [0.2, 0.25) is 0 Å². The molecule has 0 aromatic heterocycles. The van der Waals surface area contributed by atoms with Crippen LogP contribution in [0, 0.1) is 15.9 Å². The number of nitro groups is 1. The van der Waals surface area contributed by atoms with Gasteiger partial charge in [-0.2, -0.15) is 0 Å². The molecule has 0 spiro atoms. The fourth-order valence-electron chi connectivity index (χ4n) is 1.72. The number of nitrogens with zero attached hydrogens (tertiary/aromatic N) is 1. The van der Waals surface area contributed by atoms with Crippen molar-refractivity contribution in [2.45, 2.75) is 0 Å². The molecular weight excluding hydrogens is 265 g/mol. The lowest BCUT2D eigenvalue weighted by molar-refractivity contribution is -0.383. The van der Waals surface area contributed by atoms with Crippen LogP contribution >= 0.6 is 0 Å². The normalized spacial score (nSPS) is 10.1. The third-order valence-electron chi connectivity index (χ3n) is 2.67. The molecule has 3 N–H and O–H groups in total. The van der Waals surface area contributed by atoms with Gasteiger partial charge >= 0.3 is 0 Å². The number of benzene rings is 2. The molecule has 0 radical (unpaired) electrons. The number of nitro benzene ring substituents is 1. The van der Waals surface area contributed by atoms with Crippen molar-refractivity contribution in [1.82, 2.24) is 0 Å². The van der Waals surface area contributed by atoms with Gasteiger partial charge in [-0.1, -0.05) is 0 Å².